The number of aromatic nitrogens is 2. The molecular formula is C13H11FN2O2. The van der Waals surface area contributed by atoms with Gasteiger partial charge in [-0.2, -0.15) is 0 Å². The van der Waals surface area contributed by atoms with Gasteiger partial charge in [-0.05, 0) is 36.8 Å². The van der Waals surface area contributed by atoms with Crippen molar-refractivity contribution in [3.63, 3.8) is 0 Å². The van der Waals surface area contributed by atoms with Crippen LogP contribution in [0.3, 0.4) is 0 Å². The number of ether oxygens (including phenoxy) is 1. The molecule has 0 aliphatic carbocycles. The third-order valence-electron chi connectivity index (χ3n) is 2.50. The van der Waals surface area contributed by atoms with E-state index in [1.807, 2.05) is 0 Å². The van der Waals surface area contributed by atoms with Crippen LogP contribution in [0.1, 0.15) is 21.6 Å². The highest BCUT2D eigenvalue weighted by molar-refractivity contribution is 6.07. The highest BCUT2D eigenvalue weighted by atomic mass is 19.1. The Hall–Kier alpha value is -2.30. The first-order valence-corrected chi connectivity index (χ1v) is 5.30. The van der Waals surface area contributed by atoms with Crippen molar-refractivity contribution in [2.75, 3.05) is 7.11 Å². The zero-order chi connectivity index (χ0) is 13.1. The van der Waals surface area contributed by atoms with Crippen LogP contribution in [0.15, 0.2) is 30.3 Å². The van der Waals surface area contributed by atoms with E-state index in [0.717, 1.165) is 0 Å². The lowest BCUT2D eigenvalue weighted by Crippen LogP contribution is -2.06. The van der Waals surface area contributed by atoms with Crippen molar-refractivity contribution in [2.24, 2.45) is 0 Å². The molecule has 1 aromatic carbocycles. The molecule has 1 aromatic heterocycles. The third-order valence-corrected chi connectivity index (χ3v) is 2.50. The maximum atomic E-state index is 13.1. The van der Waals surface area contributed by atoms with Gasteiger partial charge in [-0.3, -0.25) is 4.79 Å². The van der Waals surface area contributed by atoms with Gasteiger partial charge in [0.15, 0.2) is 0 Å². The molecule has 1 heterocycles. The molecule has 4 nitrogen and oxygen atoms in total. The van der Waals surface area contributed by atoms with Crippen molar-refractivity contribution in [1.29, 1.82) is 0 Å². The quantitative estimate of drug-likeness (QED) is 0.779. The van der Waals surface area contributed by atoms with E-state index in [4.69, 9.17) is 4.74 Å². The van der Waals surface area contributed by atoms with E-state index >= 15 is 0 Å². The number of methoxy groups -OCH3 is 1. The molecule has 2 aromatic rings. The summed E-state index contributed by atoms with van der Waals surface area (Å²) in [6, 6.07) is 7.25. The van der Waals surface area contributed by atoms with Crippen molar-refractivity contribution in [3.8, 4) is 5.88 Å². The topological polar surface area (TPSA) is 52.1 Å². The molecule has 92 valence electrons. The minimum atomic E-state index is -0.340. The molecule has 0 radical (unpaired) electrons. The molecule has 0 N–H and O–H groups in total. The van der Waals surface area contributed by atoms with Crippen LogP contribution in [0.2, 0.25) is 0 Å². The summed E-state index contributed by atoms with van der Waals surface area (Å²) in [5.41, 5.74) is 0.998. The lowest BCUT2D eigenvalue weighted by Gasteiger charge is -2.03. The van der Waals surface area contributed by atoms with Gasteiger partial charge in [-0.15, -0.1) is 10.2 Å². The molecule has 0 aliphatic rings. The zero-order valence-electron chi connectivity index (χ0n) is 9.98. The van der Waals surface area contributed by atoms with Crippen LogP contribution in [-0.4, -0.2) is 23.1 Å². The van der Waals surface area contributed by atoms with Gasteiger partial charge in [0.2, 0.25) is 11.7 Å². The van der Waals surface area contributed by atoms with Crippen LogP contribution < -0.4 is 4.74 Å². The van der Waals surface area contributed by atoms with E-state index in [9.17, 15) is 9.18 Å². The monoisotopic (exact) mass is 246 g/mol. The van der Waals surface area contributed by atoms with Gasteiger partial charge in [0, 0.05) is 11.6 Å². The van der Waals surface area contributed by atoms with Crippen LogP contribution in [-0.2, 0) is 0 Å². The summed E-state index contributed by atoms with van der Waals surface area (Å²) in [4.78, 5) is 12.0. The predicted octanol–water partition coefficient (Wildman–Crippen LogP) is 2.16. The van der Waals surface area contributed by atoms with Gasteiger partial charge in [0.25, 0.3) is 0 Å². The Balaban J connectivity index is 2.32. The first kappa shape index (κ1) is 12.2. The largest absolute Gasteiger partial charge is 0.480 e. The molecule has 5 heteroatoms. The standard InChI is InChI=1S/C13H11FN2O2/c1-8-7-9(3-4-10(8)14)13(17)11-5-6-12(18-2)16-15-11/h3-7H,1-2H3. The Morgan fingerprint density at radius 1 is 1.22 bits per heavy atom. The number of carbonyl (C=O) groups is 1. The van der Waals surface area contributed by atoms with Gasteiger partial charge in [-0.25, -0.2) is 4.39 Å². The predicted molar refractivity (Wildman–Crippen MR) is 63.2 cm³/mol. The van der Waals surface area contributed by atoms with Crippen LogP contribution in [0.4, 0.5) is 4.39 Å². The van der Waals surface area contributed by atoms with Crippen LogP contribution in [0, 0.1) is 12.7 Å². The normalized spacial score (nSPS) is 10.2. The van der Waals surface area contributed by atoms with E-state index < -0.39 is 0 Å². The molecule has 0 fully saturated rings. The molecule has 0 unspecified atom stereocenters. The first-order valence-electron chi connectivity index (χ1n) is 5.30. The Labute approximate surface area is 103 Å². The highest BCUT2D eigenvalue weighted by Crippen LogP contribution is 2.13. The SMILES string of the molecule is COc1ccc(C(=O)c2ccc(F)c(C)c2)nn1. The average molecular weight is 246 g/mol. The summed E-state index contributed by atoms with van der Waals surface area (Å²) < 4.78 is 18.0. The Bertz CT molecular complexity index is 582. The summed E-state index contributed by atoms with van der Waals surface area (Å²) in [6.45, 7) is 1.60. The smallest absolute Gasteiger partial charge is 0.233 e. The van der Waals surface area contributed by atoms with E-state index in [-0.39, 0.29) is 17.3 Å². The average Bonchev–Trinajstić information content (AvgIpc) is 2.41. The second-order valence-corrected chi connectivity index (χ2v) is 3.75. The second-order valence-electron chi connectivity index (χ2n) is 3.75. The van der Waals surface area contributed by atoms with Crippen LogP contribution in [0.25, 0.3) is 0 Å². The van der Waals surface area contributed by atoms with Gasteiger partial charge >= 0.3 is 0 Å². The number of halogens is 1. The van der Waals surface area contributed by atoms with E-state index in [2.05, 4.69) is 10.2 Å². The van der Waals surface area contributed by atoms with Gasteiger partial charge in [-0.1, -0.05) is 0 Å². The number of aryl methyl sites for hydroxylation is 1. The van der Waals surface area contributed by atoms with Gasteiger partial charge < -0.3 is 4.74 Å². The van der Waals surface area contributed by atoms with Crippen molar-refractivity contribution in [2.45, 2.75) is 6.92 Å². The maximum Gasteiger partial charge on any atom is 0.233 e. The van der Waals surface area contributed by atoms with Crippen LogP contribution >= 0.6 is 0 Å². The molecule has 0 saturated carbocycles. The number of hydrogen-bond donors (Lipinski definition) is 0. The van der Waals surface area contributed by atoms with Crippen LogP contribution in [0.5, 0.6) is 5.88 Å². The Kier molecular flexibility index (Phi) is 3.32. The van der Waals surface area contributed by atoms with Crippen molar-refractivity contribution >= 4 is 5.78 Å². The van der Waals surface area contributed by atoms with Crippen molar-refractivity contribution in [3.05, 3.63) is 53.0 Å². The zero-order valence-corrected chi connectivity index (χ0v) is 9.98. The molecule has 0 spiro atoms. The molecule has 0 saturated heterocycles. The summed E-state index contributed by atoms with van der Waals surface area (Å²) in [6.07, 6.45) is 0. The fraction of sp³-hybridized carbons (Fsp3) is 0.154. The molecule has 2 rings (SSSR count). The summed E-state index contributed by atoms with van der Waals surface area (Å²) in [5, 5.41) is 7.48. The summed E-state index contributed by atoms with van der Waals surface area (Å²) in [7, 11) is 1.47. The summed E-state index contributed by atoms with van der Waals surface area (Å²) >= 11 is 0. The number of carbonyl (C=O) groups excluding carboxylic acids is 1. The lowest BCUT2D eigenvalue weighted by molar-refractivity contribution is 0.103. The lowest BCUT2D eigenvalue weighted by atomic mass is 10.1. The molecule has 0 aliphatic heterocycles. The van der Waals surface area contributed by atoms with E-state index in [0.29, 0.717) is 17.0 Å². The first-order chi connectivity index (χ1) is 8.61. The number of rotatable bonds is 3. The van der Waals surface area contributed by atoms with Gasteiger partial charge in [0.05, 0.1) is 7.11 Å². The molecule has 18 heavy (non-hydrogen) atoms. The minimum Gasteiger partial charge on any atom is -0.480 e. The van der Waals surface area contributed by atoms with Crippen molar-refractivity contribution in [1.82, 2.24) is 10.2 Å². The number of ketones is 1. The Morgan fingerprint density at radius 3 is 2.56 bits per heavy atom. The second kappa shape index (κ2) is 4.91. The molecule has 0 bridgehead atoms. The van der Waals surface area contributed by atoms with Crippen molar-refractivity contribution < 1.29 is 13.9 Å². The number of nitrogens with zero attached hydrogens (tertiary/aromatic N) is 2. The third kappa shape index (κ3) is 2.34. The molecule has 0 atom stereocenters. The van der Waals surface area contributed by atoms with E-state index in [1.165, 1.54) is 31.4 Å². The number of hydrogen-bond acceptors (Lipinski definition) is 4. The maximum absolute atomic E-state index is 13.1. The fourth-order valence-corrected chi connectivity index (χ4v) is 1.48. The van der Waals surface area contributed by atoms with E-state index in [1.54, 1.807) is 13.0 Å². The highest BCUT2D eigenvalue weighted by Gasteiger charge is 2.12. The molecular weight excluding hydrogens is 235 g/mol. The summed E-state index contributed by atoms with van der Waals surface area (Å²) in [5.74, 6) is -0.303. The number of benzene rings is 1. The molecule has 0 amide bonds. The fourth-order valence-electron chi connectivity index (χ4n) is 1.48. The Morgan fingerprint density at radius 2 is 2.00 bits per heavy atom. The minimum absolute atomic E-state index is 0.196. The van der Waals surface area contributed by atoms with Gasteiger partial charge in [0.1, 0.15) is 11.5 Å².